The molecule has 0 aromatic heterocycles. The van der Waals surface area contributed by atoms with Crippen molar-refractivity contribution in [3.8, 4) is 0 Å². The fraction of sp³-hybridized carbons (Fsp3) is 0.533. The van der Waals surface area contributed by atoms with E-state index in [4.69, 9.17) is 9.47 Å². The van der Waals surface area contributed by atoms with Gasteiger partial charge in [-0.05, 0) is 51.0 Å². The van der Waals surface area contributed by atoms with Crippen LogP contribution in [0.15, 0.2) is 18.2 Å². The Balaban J connectivity index is 2.44. The summed E-state index contributed by atoms with van der Waals surface area (Å²) in [5.41, 5.74) is 3.11. The minimum absolute atomic E-state index is 0.266. The molecule has 0 spiro atoms. The first-order valence-electron chi connectivity index (χ1n) is 6.92. The van der Waals surface area contributed by atoms with Gasteiger partial charge in [0.2, 0.25) is 0 Å². The molecular formula is C15H24N2O3. The average Bonchev–Trinajstić information content (AvgIpc) is 2.41. The predicted octanol–water partition coefficient (Wildman–Crippen LogP) is 2.82. The van der Waals surface area contributed by atoms with Crippen LogP contribution in [-0.4, -0.2) is 32.1 Å². The molecule has 1 aromatic rings. The van der Waals surface area contributed by atoms with Gasteiger partial charge in [0.1, 0.15) is 0 Å². The molecule has 2 N–H and O–H groups in total. The molecule has 0 aliphatic heterocycles. The smallest absolute Gasteiger partial charge is 0.319 e. The van der Waals surface area contributed by atoms with E-state index in [1.165, 1.54) is 5.56 Å². The van der Waals surface area contributed by atoms with Gasteiger partial charge in [-0.1, -0.05) is 6.07 Å². The normalized spacial score (nSPS) is 10.7. The summed E-state index contributed by atoms with van der Waals surface area (Å²) in [4.78, 5) is 11.8. The van der Waals surface area contributed by atoms with Gasteiger partial charge in [0.15, 0.2) is 6.29 Å². The lowest BCUT2D eigenvalue weighted by molar-refractivity contribution is -0.131. The van der Waals surface area contributed by atoms with Crippen LogP contribution >= 0.6 is 0 Å². The molecule has 1 rings (SSSR count). The number of carbonyl (C=O) groups excluding carboxylic acids is 1. The Morgan fingerprint density at radius 3 is 2.35 bits per heavy atom. The van der Waals surface area contributed by atoms with E-state index in [-0.39, 0.29) is 6.03 Å². The van der Waals surface area contributed by atoms with Crippen molar-refractivity contribution in [3.63, 3.8) is 0 Å². The predicted molar refractivity (Wildman–Crippen MR) is 80.0 cm³/mol. The molecule has 2 amide bonds. The number of aryl methyl sites for hydroxylation is 2. The molecule has 20 heavy (non-hydrogen) atoms. The number of ether oxygens (including phenoxy) is 2. The van der Waals surface area contributed by atoms with Crippen LogP contribution in [0, 0.1) is 13.8 Å². The second-order valence-electron chi connectivity index (χ2n) is 4.47. The van der Waals surface area contributed by atoms with Crippen LogP contribution in [0.1, 0.15) is 25.0 Å². The van der Waals surface area contributed by atoms with Gasteiger partial charge in [-0.25, -0.2) is 4.79 Å². The van der Waals surface area contributed by atoms with Gasteiger partial charge in [-0.3, -0.25) is 0 Å². The summed E-state index contributed by atoms with van der Waals surface area (Å²) < 4.78 is 10.7. The third-order valence-corrected chi connectivity index (χ3v) is 2.90. The maximum absolute atomic E-state index is 11.8. The Morgan fingerprint density at radius 2 is 1.80 bits per heavy atom. The zero-order valence-corrected chi connectivity index (χ0v) is 12.7. The monoisotopic (exact) mass is 280 g/mol. The van der Waals surface area contributed by atoms with E-state index >= 15 is 0 Å². The summed E-state index contributed by atoms with van der Waals surface area (Å²) in [6.45, 7) is 9.24. The zero-order valence-electron chi connectivity index (χ0n) is 12.7. The lowest BCUT2D eigenvalue weighted by Crippen LogP contribution is -2.37. The quantitative estimate of drug-likeness (QED) is 0.755. The summed E-state index contributed by atoms with van der Waals surface area (Å²) in [5.74, 6) is 0. The highest BCUT2D eigenvalue weighted by atomic mass is 16.7. The first-order chi connectivity index (χ1) is 9.56. The molecule has 0 aliphatic rings. The SMILES string of the molecule is CCOC(CNC(=O)Nc1ccc(C)c(C)c1)OCC. The summed E-state index contributed by atoms with van der Waals surface area (Å²) in [7, 11) is 0. The van der Waals surface area contributed by atoms with Crippen molar-refractivity contribution >= 4 is 11.7 Å². The number of anilines is 1. The molecule has 0 saturated heterocycles. The Hall–Kier alpha value is -1.59. The third-order valence-electron chi connectivity index (χ3n) is 2.90. The number of hydrogen-bond acceptors (Lipinski definition) is 3. The van der Waals surface area contributed by atoms with Crippen LogP contribution in [0.3, 0.4) is 0 Å². The summed E-state index contributed by atoms with van der Waals surface area (Å²) in [6.07, 6.45) is -0.407. The van der Waals surface area contributed by atoms with Crippen LogP contribution in [0.25, 0.3) is 0 Å². The summed E-state index contributed by atoms with van der Waals surface area (Å²) in [5, 5.41) is 5.52. The van der Waals surface area contributed by atoms with E-state index in [1.54, 1.807) is 0 Å². The maximum atomic E-state index is 11.8. The van der Waals surface area contributed by atoms with E-state index in [2.05, 4.69) is 10.6 Å². The lowest BCUT2D eigenvalue weighted by Gasteiger charge is -2.17. The van der Waals surface area contributed by atoms with E-state index in [0.29, 0.717) is 19.8 Å². The maximum Gasteiger partial charge on any atom is 0.319 e. The number of nitrogens with one attached hydrogen (secondary N) is 2. The lowest BCUT2D eigenvalue weighted by atomic mass is 10.1. The van der Waals surface area contributed by atoms with Crippen molar-refractivity contribution in [3.05, 3.63) is 29.3 Å². The van der Waals surface area contributed by atoms with Crippen molar-refractivity contribution in [2.45, 2.75) is 34.0 Å². The van der Waals surface area contributed by atoms with E-state index in [1.807, 2.05) is 45.9 Å². The molecule has 1 aromatic carbocycles. The number of rotatable bonds is 7. The van der Waals surface area contributed by atoms with Crippen molar-refractivity contribution in [2.75, 3.05) is 25.1 Å². The molecular weight excluding hydrogens is 256 g/mol. The van der Waals surface area contributed by atoms with Gasteiger partial charge in [-0.2, -0.15) is 0 Å². The molecule has 0 radical (unpaired) electrons. The number of urea groups is 1. The first-order valence-corrected chi connectivity index (χ1v) is 6.92. The molecule has 5 heteroatoms. The standard InChI is InChI=1S/C15H24N2O3/c1-5-19-14(20-6-2)10-16-15(18)17-13-8-7-11(3)12(4)9-13/h7-9,14H,5-6,10H2,1-4H3,(H2,16,17,18). The van der Waals surface area contributed by atoms with Crippen molar-refractivity contribution < 1.29 is 14.3 Å². The number of carbonyl (C=O) groups is 1. The van der Waals surface area contributed by atoms with Crippen LogP contribution in [0.5, 0.6) is 0 Å². The molecule has 0 aliphatic carbocycles. The van der Waals surface area contributed by atoms with Crippen LogP contribution in [-0.2, 0) is 9.47 Å². The van der Waals surface area contributed by atoms with Gasteiger partial charge in [0.25, 0.3) is 0 Å². The highest BCUT2D eigenvalue weighted by Gasteiger charge is 2.10. The van der Waals surface area contributed by atoms with E-state index < -0.39 is 6.29 Å². The second-order valence-corrected chi connectivity index (χ2v) is 4.47. The fourth-order valence-corrected chi connectivity index (χ4v) is 1.71. The highest BCUT2D eigenvalue weighted by molar-refractivity contribution is 5.89. The number of hydrogen-bond donors (Lipinski definition) is 2. The fourth-order valence-electron chi connectivity index (χ4n) is 1.71. The summed E-state index contributed by atoms with van der Waals surface area (Å²) >= 11 is 0. The average molecular weight is 280 g/mol. The van der Waals surface area contributed by atoms with Crippen molar-refractivity contribution in [1.29, 1.82) is 0 Å². The Labute approximate surface area is 120 Å². The minimum atomic E-state index is -0.407. The Morgan fingerprint density at radius 1 is 1.15 bits per heavy atom. The summed E-state index contributed by atoms with van der Waals surface area (Å²) in [6, 6.07) is 5.54. The molecule has 0 saturated carbocycles. The molecule has 0 heterocycles. The highest BCUT2D eigenvalue weighted by Crippen LogP contribution is 2.13. The van der Waals surface area contributed by atoms with Crippen LogP contribution in [0.2, 0.25) is 0 Å². The zero-order chi connectivity index (χ0) is 15.0. The molecule has 0 atom stereocenters. The Bertz CT molecular complexity index is 429. The topological polar surface area (TPSA) is 59.6 Å². The third kappa shape index (κ3) is 5.59. The first kappa shape index (κ1) is 16.5. The molecule has 5 nitrogen and oxygen atoms in total. The van der Waals surface area contributed by atoms with Gasteiger partial charge in [0, 0.05) is 18.9 Å². The van der Waals surface area contributed by atoms with Gasteiger partial charge >= 0.3 is 6.03 Å². The number of benzene rings is 1. The molecule has 112 valence electrons. The van der Waals surface area contributed by atoms with Crippen LogP contribution in [0.4, 0.5) is 10.5 Å². The second kappa shape index (κ2) is 8.55. The van der Waals surface area contributed by atoms with Gasteiger partial charge in [-0.15, -0.1) is 0 Å². The molecule has 0 fully saturated rings. The van der Waals surface area contributed by atoms with Crippen LogP contribution < -0.4 is 10.6 Å². The van der Waals surface area contributed by atoms with Gasteiger partial charge < -0.3 is 20.1 Å². The van der Waals surface area contributed by atoms with Crippen molar-refractivity contribution in [2.24, 2.45) is 0 Å². The largest absolute Gasteiger partial charge is 0.351 e. The molecule has 0 bridgehead atoms. The number of amides is 2. The minimum Gasteiger partial charge on any atom is -0.351 e. The van der Waals surface area contributed by atoms with E-state index in [0.717, 1.165) is 11.3 Å². The van der Waals surface area contributed by atoms with Gasteiger partial charge in [0.05, 0.1) is 6.54 Å². The Kier molecular flexibility index (Phi) is 7.04. The van der Waals surface area contributed by atoms with Crippen molar-refractivity contribution in [1.82, 2.24) is 5.32 Å². The molecule has 0 unspecified atom stereocenters. The van der Waals surface area contributed by atoms with E-state index in [9.17, 15) is 4.79 Å².